The van der Waals surface area contributed by atoms with Gasteiger partial charge >= 0.3 is 0 Å². The minimum atomic E-state index is -0.261. The number of rotatable bonds is 7. The van der Waals surface area contributed by atoms with Crippen molar-refractivity contribution in [2.45, 2.75) is 19.6 Å². The van der Waals surface area contributed by atoms with Crippen LogP contribution in [-0.4, -0.2) is 20.3 Å². The minimum Gasteiger partial charge on any atom is -0.385 e. The summed E-state index contributed by atoms with van der Waals surface area (Å²) in [6.45, 7) is 2.12. The molecule has 0 aliphatic carbocycles. The van der Waals surface area contributed by atoms with Gasteiger partial charge in [0.25, 0.3) is 0 Å². The summed E-state index contributed by atoms with van der Waals surface area (Å²) in [4.78, 5) is 0. The molecule has 0 aliphatic rings. The smallest absolute Gasteiger partial charge is 0.123 e. The predicted molar refractivity (Wildman–Crippen MR) is 60.4 cm³/mol. The van der Waals surface area contributed by atoms with E-state index in [4.69, 9.17) is 15.2 Å². The van der Waals surface area contributed by atoms with E-state index in [1.165, 1.54) is 12.1 Å². The van der Waals surface area contributed by atoms with E-state index in [9.17, 15) is 4.39 Å². The van der Waals surface area contributed by atoms with Crippen LogP contribution in [0.15, 0.2) is 18.2 Å². The van der Waals surface area contributed by atoms with Crippen molar-refractivity contribution in [1.82, 2.24) is 0 Å². The summed E-state index contributed by atoms with van der Waals surface area (Å²) >= 11 is 0. The molecule has 0 saturated carbocycles. The zero-order valence-electron chi connectivity index (χ0n) is 9.54. The van der Waals surface area contributed by atoms with Crippen LogP contribution < -0.4 is 5.73 Å². The molecule has 1 aromatic carbocycles. The third-order valence-electron chi connectivity index (χ3n) is 2.28. The molecule has 0 spiro atoms. The normalized spacial score (nSPS) is 10.7. The van der Waals surface area contributed by atoms with Crippen LogP contribution in [0, 0.1) is 5.82 Å². The van der Waals surface area contributed by atoms with Crippen molar-refractivity contribution < 1.29 is 13.9 Å². The summed E-state index contributed by atoms with van der Waals surface area (Å²) < 4.78 is 23.3. The van der Waals surface area contributed by atoms with E-state index in [1.54, 1.807) is 13.2 Å². The van der Waals surface area contributed by atoms with Gasteiger partial charge in [0.15, 0.2) is 0 Å². The lowest BCUT2D eigenvalue weighted by Crippen LogP contribution is -2.05. The van der Waals surface area contributed by atoms with Crippen molar-refractivity contribution in [2.24, 2.45) is 5.73 Å². The zero-order chi connectivity index (χ0) is 11.8. The third kappa shape index (κ3) is 4.26. The highest BCUT2D eigenvalue weighted by Crippen LogP contribution is 2.12. The van der Waals surface area contributed by atoms with E-state index in [1.807, 2.05) is 0 Å². The van der Waals surface area contributed by atoms with Gasteiger partial charge in [-0.1, -0.05) is 6.07 Å². The van der Waals surface area contributed by atoms with E-state index >= 15 is 0 Å². The van der Waals surface area contributed by atoms with Gasteiger partial charge in [0.05, 0.1) is 6.61 Å². The second-order valence-corrected chi connectivity index (χ2v) is 3.52. The van der Waals surface area contributed by atoms with Gasteiger partial charge in [-0.3, -0.25) is 0 Å². The lowest BCUT2D eigenvalue weighted by molar-refractivity contribution is 0.0924. The maximum atomic E-state index is 12.9. The van der Waals surface area contributed by atoms with Crippen molar-refractivity contribution in [3.05, 3.63) is 35.1 Å². The number of benzene rings is 1. The first-order valence-electron chi connectivity index (χ1n) is 5.32. The van der Waals surface area contributed by atoms with Gasteiger partial charge in [-0.05, 0) is 29.7 Å². The Bertz CT molecular complexity index is 318. The number of methoxy groups -OCH3 is 1. The summed E-state index contributed by atoms with van der Waals surface area (Å²) in [5.74, 6) is -0.261. The van der Waals surface area contributed by atoms with Crippen LogP contribution in [0.4, 0.5) is 4.39 Å². The second-order valence-electron chi connectivity index (χ2n) is 3.52. The number of hydrogen-bond acceptors (Lipinski definition) is 3. The van der Waals surface area contributed by atoms with Gasteiger partial charge in [-0.15, -0.1) is 0 Å². The predicted octanol–water partition coefficient (Wildman–Crippen LogP) is 1.84. The number of halogens is 1. The highest BCUT2D eigenvalue weighted by Gasteiger charge is 2.02. The fourth-order valence-electron chi connectivity index (χ4n) is 1.41. The van der Waals surface area contributed by atoms with Gasteiger partial charge in [-0.25, -0.2) is 4.39 Å². The Morgan fingerprint density at radius 1 is 1.25 bits per heavy atom. The molecule has 0 saturated heterocycles. The lowest BCUT2D eigenvalue weighted by Gasteiger charge is -2.08. The maximum absolute atomic E-state index is 12.9. The van der Waals surface area contributed by atoms with E-state index in [0.717, 1.165) is 17.5 Å². The summed E-state index contributed by atoms with van der Waals surface area (Å²) in [6.07, 6.45) is 0.857. The molecule has 90 valence electrons. The van der Waals surface area contributed by atoms with E-state index in [2.05, 4.69) is 0 Å². The van der Waals surface area contributed by atoms with Crippen molar-refractivity contribution >= 4 is 0 Å². The first-order valence-corrected chi connectivity index (χ1v) is 5.32. The number of ether oxygens (including phenoxy) is 2. The Kier molecular flexibility index (Phi) is 6.00. The van der Waals surface area contributed by atoms with Gasteiger partial charge in [0.2, 0.25) is 0 Å². The Hall–Kier alpha value is -0.970. The third-order valence-corrected chi connectivity index (χ3v) is 2.28. The summed E-state index contributed by atoms with van der Waals surface area (Å²) in [5.41, 5.74) is 7.27. The van der Waals surface area contributed by atoms with Crippen LogP contribution in [0.5, 0.6) is 0 Å². The summed E-state index contributed by atoms with van der Waals surface area (Å²) in [7, 11) is 1.66. The average molecular weight is 227 g/mol. The van der Waals surface area contributed by atoms with Crippen molar-refractivity contribution in [3.8, 4) is 0 Å². The van der Waals surface area contributed by atoms with Gasteiger partial charge in [0, 0.05) is 26.9 Å². The Labute approximate surface area is 95.4 Å². The number of nitrogens with two attached hydrogens (primary N) is 1. The Morgan fingerprint density at radius 2 is 2.06 bits per heavy atom. The molecular formula is C12H18FNO2. The lowest BCUT2D eigenvalue weighted by atomic mass is 10.1. The maximum Gasteiger partial charge on any atom is 0.123 e. The molecule has 3 nitrogen and oxygen atoms in total. The van der Waals surface area contributed by atoms with Gasteiger partial charge in [-0.2, -0.15) is 0 Å². The largest absolute Gasteiger partial charge is 0.385 e. The monoisotopic (exact) mass is 227 g/mol. The summed E-state index contributed by atoms with van der Waals surface area (Å²) in [6, 6.07) is 4.59. The van der Waals surface area contributed by atoms with Crippen molar-refractivity contribution in [3.63, 3.8) is 0 Å². The molecule has 2 N–H and O–H groups in total. The Morgan fingerprint density at radius 3 is 2.75 bits per heavy atom. The van der Waals surface area contributed by atoms with Crippen LogP contribution in [0.3, 0.4) is 0 Å². The van der Waals surface area contributed by atoms with Crippen LogP contribution in [-0.2, 0) is 22.6 Å². The minimum absolute atomic E-state index is 0.261. The molecule has 4 heteroatoms. The van der Waals surface area contributed by atoms with Crippen LogP contribution in [0.25, 0.3) is 0 Å². The standard InChI is InChI=1S/C12H18FNO2/c1-15-5-2-6-16-9-10-3-4-12(13)7-11(10)8-14/h3-4,7H,2,5-6,8-9,14H2,1H3. The van der Waals surface area contributed by atoms with Crippen LogP contribution in [0.1, 0.15) is 17.5 Å². The molecule has 0 aliphatic heterocycles. The van der Waals surface area contributed by atoms with E-state index < -0.39 is 0 Å². The fraction of sp³-hybridized carbons (Fsp3) is 0.500. The molecule has 16 heavy (non-hydrogen) atoms. The fourth-order valence-corrected chi connectivity index (χ4v) is 1.41. The second kappa shape index (κ2) is 7.33. The first-order chi connectivity index (χ1) is 7.77. The Balaban J connectivity index is 2.41. The molecular weight excluding hydrogens is 209 g/mol. The molecule has 0 amide bonds. The number of hydrogen-bond donors (Lipinski definition) is 1. The topological polar surface area (TPSA) is 44.5 Å². The van der Waals surface area contributed by atoms with E-state index in [-0.39, 0.29) is 5.82 Å². The zero-order valence-corrected chi connectivity index (χ0v) is 9.54. The average Bonchev–Trinajstić information content (AvgIpc) is 2.30. The molecule has 0 unspecified atom stereocenters. The highest BCUT2D eigenvalue weighted by molar-refractivity contribution is 5.27. The van der Waals surface area contributed by atoms with Crippen molar-refractivity contribution in [1.29, 1.82) is 0 Å². The van der Waals surface area contributed by atoms with Gasteiger partial charge < -0.3 is 15.2 Å². The summed E-state index contributed by atoms with van der Waals surface area (Å²) in [5, 5.41) is 0. The molecule has 0 radical (unpaired) electrons. The van der Waals surface area contributed by atoms with Gasteiger partial charge in [0.1, 0.15) is 5.82 Å². The SMILES string of the molecule is COCCCOCc1ccc(F)cc1CN. The molecule has 1 rings (SSSR count). The quantitative estimate of drug-likeness (QED) is 0.723. The molecule has 0 fully saturated rings. The molecule has 0 heterocycles. The van der Waals surface area contributed by atoms with Crippen molar-refractivity contribution in [2.75, 3.05) is 20.3 Å². The molecule has 0 atom stereocenters. The molecule has 0 aromatic heterocycles. The first kappa shape index (κ1) is 13.1. The van der Waals surface area contributed by atoms with Crippen LogP contribution >= 0.6 is 0 Å². The highest BCUT2D eigenvalue weighted by atomic mass is 19.1. The molecule has 1 aromatic rings. The van der Waals surface area contributed by atoms with Crippen LogP contribution in [0.2, 0.25) is 0 Å². The van der Waals surface area contributed by atoms with E-state index in [0.29, 0.717) is 26.4 Å². The molecule has 0 bridgehead atoms.